The molecule has 5 heteroatoms. The Balaban J connectivity index is 2.03. The molecule has 0 N–H and O–H groups in total. The second-order valence-corrected chi connectivity index (χ2v) is 13.3. The van der Waals surface area contributed by atoms with Gasteiger partial charge in [0.2, 0.25) is 0 Å². The molecule has 152 valence electrons. The molecule has 0 amide bonds. The van der Waals surface area contributed by atoms with Gasteiger partial charge in [-0.15, -0.1) is 0 Å². The third-order valence-corrected chi connectivity index (χ3v) is 9.79. The first kappa shape index (κ1) is 22.2. The average Bonchev–Trinajstić information content (AvgIpc) is 2.66. The first-order valence-corrected chi connectivity index (χ1v) is 12.5. The van der Waals surface area contributed by atoms with Crippen molar-refractivity contribution in [3.63, 3.8) is 0 Å². The largest absolute Gasteiger partial charge is 0.489 e. The van der Waals surface area contributed by atoms with Crippen LogP contribution in [0.1, 0.15) is 31.9 Å². The summed E-state index contributed by atoms with van der Waals surface area (Å²) in [6.45, 7) is 11.3. The molecular weight excluding hydrogens is 368 g/mol. The molecule has 2 aromatic rings. The van der Waals surface area contributed by atoms with Gasteiger partial charge in [-0.05, 0) is 41.4 Å². The molecule has 2 aromatic carbocycles. The fraction of sp³-hybridized carbons (Fsp3) is 0.435. The van der Waals surface area contributed by atoms with Gasteiger partial charge >= 0.3 is 5.97 Å². The smallest absolute Gasteiger partial charge is 0.334 e. The molecule has 2 rings (SSSR count). The van der Waals surface area contributed by atoms with Gasteiger partial charge in [0.05, 0.1) is 7.11 Å². The number of carbonyl (C=O) groups is 1. The molecule has 0 aromatic heterocycles. The summed E-state index contributed by atoms with van der Waals surface area (Å²) in [7, 11) is -0.680. The number of carbonyl (C=O) groups excluding carboxylic acids is 1. The third kappa shape index (κ3) is 6.21. The zero-order chi connectivity index (χ0) is 20.8. The zero-order valence-electron chi connectivity index (χ0n) is 17.8. The summed E-state index contributed by atoms with van der Waals surface area (Å²) in [5.41, 5.74) is 2.14. The number of ether oxygens (including phenoxy) is 2. The number of methoxy groups -OCH3 is 1. The van der Waals surface area contributed by atoms with Crippen LogP contribution >= 0.6 is 0 Å². The number of benzene rings is 2. The lowest BCUT2D eigenvalue weighted by atomic mass is 10.1. The number of esters is 1. The normalized spacial score (nSPS) is 13.1. The summed E-state index contributed by atoms with van der Waals surface area (Å²) >= 11 is 0. The fourth-order valence-corrected chi connectivity index (χ4v) is 3.76. The van der Waals surface area contributed by atoms with E-state index in [1.807, 2.05) is 54.6 Å². The molecule has 4 nitrogen and oxygen atoms in total. The van der Waals surface area contributed by atoms with E-state index in [1.54, 1.807) is 0 Å². The Morgan fingerprint density at radius 3 is 2.11 bits per heavy atom. The maximum Gasteiger partial charge on any atom is 0.334 e. The van der Waals surface area contributed by atoms with Crippen LogP contribution < -0.4 is 4.74 Å². The van der Waals surface area contributed by atoms with Crippen molar-refractivity contribution in [3.05, 3.63) is 65.7 Å². The second kappa shape index (κ2) is 9.39. The molecule has 0 saturated heterocycles. The van der Waals surface area contributed by atoms with E-state index in [1.165, 1.54) is 7.11 Å². The summed E-state index contributed by atoms with van der Waals surface area (Å²) < 4.78 is 17.1. The Kier molecular flexibility index (Phi) is 7.44. The van der Waals surface area contributed by atoms with Gasteiger partial charge in [0.1, 0.15) is 18.5 Å². The van der Waals surface area contributed by atoms with E-state index in [9.17, 15) is 4.79 Å². The molecule has 1 atom stereocenters. The number of hydrogen-bond donors (Lipinski definition) is 0. The molecule has 0 heterocycles. The van der Waals surface area contributed by atoms with Crippen LogP contribution in [0.2, 0.25) is 18.1 Å². The summed E-state index contributed by atoms with van der Waals surface area (Å²) in [5.74, 6) is 0.474. The van der Waals surface area contributed by atoms with Crippen molar-refractivity contribution in [2.24, 2.45) is 0 Å². The van der Waals surface area contributed by atoms with Crippen LogP contribution in [0.4, 0.5) is 0 Å². The predicted molar refractivity (Wildman–Crippen MR) is 115 cm³/mol. The molecule has 0 radical (unpaired) electrons. The van der Waals surface area contributed by atoms with Crippen molar-refractivity contribution in [3.8, 4) is 5.75 Å². The van der Waals surface area contributed by atoms with Crippen molar-refractivity contribution in [2.45, 2.75) is 58.0 Å². The van der Waals surface area contributed by atoms with Crippen molar-refractivity contribution in [2.75, 3.05) is 7.11 Å². The van der Waals surface area contributed by atoms with Gasteiger partial charge in [0, 0.05) is 6.42 Å². The maximum absolute atomic E-state index is 12.3. The van der Waals surface area contributed by atoms with Gasteiger partial charge in [-0.3, -0.25) is 0 Å². The molecule has 0 fully saturated rings. The van der Waals surface area contributed by atoms with Crippen LogP contribution in [0.15, 0.2) is 54.6 Å². The second-order valence-electron chi connectivity index (χ2n) is 8.51. The molecule has 0 spiro atoms. The van der Waals surface area contributed by atoms with Crippen LogP contribution in [0.5, 0.6) is 5.75 Å². The van der Waals surface area contributed by atoms with E-state index < -0.39 is 14.4 Å². The van der Waals surface area contributed by atoms with Gasteiger partial charge in [0.25, 0.3) is 0 Å². The summed E-state index contributed by atoms with van der Waals surface area (Å²) in [4.78, 5) is 12.3. The lowest BCUT2D eigenvalue weighted by molar-refractivity contribution is -0.149. The highest BCUT2D eigenvalue weighted by atomic mass is 28.4. The molecule has 0 bridgehead atoms. The van der Waals surface area contributed by atoms with E-state index in [0.717, 1.165) is 16.9 Å². The number of hydrogen-bond acceptors (Lipinski definition) is 4. The van der Waals surface area contributed by atoms with E-state index in [4.69, 9.17) is 13.9 Å². The van der Waals surface area contributed by atoms with Gasteiger partial charge < -0.3 is 13.9 Å². The van der Waals surface area contributed by atoms with Crippen LogP contribution in [-0.2, 0) is 27.0 Å². The molecule has 0 unspecified atom stereocenters. The molecule has 0 saturated carbocycles. The van der Waals surface area contributed by atoms with Gasteiger partial charge in [0.15, 0.2) is 8.32 Å². The molecule has 0 aliphatic rings. The first-order valence-electron chi connectivity index (χ1n) is 9.64. The predicted octanol–water partition coefficient (Wildman–Crippen LogP) is 5.37. The van der Waals surface area contributed by atoms with Gasteiger partial charge in [-0.25, -0.2) is 4.79 Å². The van der Waals surface area contributed by atoms with Crippen molar-refractivity contribution >= 4 is 14.3 Å². The Morgan fingerprint density at radius 2 is 1.57 bits per heavy atom. The molecule has 0 aliphatic heterocycles. The summed E-state index contributed by atoms with van der Waals surface area (Å²) in [6.07, 6.45) is -0.111. The van der Waals surface area contributed by atoms with Crippen LogP contribution in [-0.4, -0.2) is 27.5 Å². The topological polar surface area (TPSA) is 44.8 Å². The minimum absolute atomic E-state index is 0.0222. The maximum atomic E-state index is 12.3. The Morgan fingerprint density at radius 1 is 0.964 bits per heavy atom. The zero-order valence-corrected chi connectivity index (χ0v) is 18.8. The lowest BCUT2D eigenvalue weighted by Crippen LogP contribution is -2.47. The first-order chi connectivity index (χ1) is 13.1. The van der Waals surface area contributed by atoms with Gasteiger partial charge in [-0.2, -0.15) is 0 Å². The molecule has 0 aliphatic carbocycles. The standard InChI is InChI=1S/C23H32O4Si/c1-23(2,3)28(5,6)27-21(22(24)25-4)16-18-12-14-20(15-13-18)26-17-19-10-8-7-9-11-19/h7-15,21H,16-17H2,1-6H3/t21-/m0/s1. The molecular formula is C23H32O4Si. The highest BCUT2D eigenvalue weighted by Gasteiger charge is 2.41. The van der Waals surface area contributed by atoms with Crippen molar-refractivity contribution < 1.29 is 18.7 Å². The van der Waals surface area contributed by atoms with E-state index in [-0.39, 0.29) is 11.0 Å². The van der Waals surface area contributed by atoms with Crippen molar-refractivity contribution in [1.29, 1.82) is 0 Å². The van der Waals surface area contributed by atoms with Crippen LogP contribution in [0, 0.1) is 0 Å². The fourth-order valence-electron chi connectivity index (χ4n) is 2.51. The Labute approximate surface area is 170 Å². The third-order valence-electron chi connectivity index (χ3n) is 5.30. The minimum Gasteiger partial charge on any atom is -0.489 e. The van der Waals surface area contributed by atoms with Gasteiger partial charge in [-0.1, -0.05) is 63.2 Å². The lowest BCUT2D eigenvalue weighted by Gasteiger charge is -2.38. The summed E-state index contributed by atoms with van der Waals surface area (Å²) in [6, 6.07) is 17.9. The van der Waals surface area contributed by atoms with E-state index in [2.05, 4.69) is 33.9 Å². The SMILES string of the molecule is COC(=O)[C@H](Cc1ccc(OCc2ccccc2)cc1)O[Si](C)(C)C(C)(C)C. The highest BCUT2D eigenvalue weighted by Crippen LogP contribution is 2.37. The number of rotatable bonds is 8. The average molecular weight is 401 g/mol. The monoisotopic (exact) mass is 400 g/mol. The van der Waals surface area contributed by atoms with Crippen LogP contribution in [0.3, 0.4) is 0 Å². The minimum atomic E-state index is -2.09. The van der Waals surface area contributed by atoms with E-state index >= 15 is 0 Å². The Hall–Kier alpha value is -2.11. The molecule has 28 heavy (non-hydrogen) atoms. The van der Waals surface area contributed by atoms with Crippen LogP contribution in [0.25, 0.3) is 0 Å². The summed E-state index contributed by atoms with van der Waals surface area (Å²) in [5, 5.41) is 0.0222. The Bertz CT molecular complexity index is 748. The van der Waals surface area contributed by atoms with Crippen molar-refractivity contribution in [1.82, 2.24) is 0 Å². The highest BCUT2D eigenvalue weighted by molar-refractivity contribution is 6.74. The van der Waals surface area contributed by atoms with E-state index in [0.29, 0.717) is 13.0 Å². The quantitative estimate of drug-likeness (QED) is 0.441.